The van der Waals surface area contributed by atoms with E-state index in [2.05, 4.69) is 85.9 Å². The Morgan fingerprint density at radius 1 is 1.14 bits per heavy atom. The molecule has 0 aliphatic carbocycles. The predicted octanol–water partition coefficient (Wildman–Crippen LogP) is 7.11. The normalized spacial score (nSPS) is 15.4. The molecule has 0 unspecified atom stereocenters. The van der Waals surface area contributed by atoms with Gasteiger partial charge >= 0.3 is 0 Å². The molecule has 0 fully saturated rings. The first-order valence-electron chi connectivity index (χ1n) is 10.4. The molecule has 2 nitrogen and oxygen atoms in total. The first kappa shape index (κ1) is 22.3. The summed E-state index contributed by atoms with van der Waals surface area (Å²) in [6.45, 7) is 12.5. The van der Waals surface area contributed by atoms with Gasteiger partial charge in [0.05, 0.1) is 5.70 Å². The average Bonchev–Trinajstić information content (AvgIpc) is 2.72. The predicted molar refractivity (Wildman–Crippen MR) is 128 cm³/mol. The number of nitrogens with zero attached hydrogens (tertiary/aromatic N) is 1. The van der Waals surface area contributed by atoms with Crippen molar-refractivity contribution >= 4 is 5.57 Å². The molecule has 0 saturated carbocycles. The monoisotopic (exact) mass is 386 g/mol. The molecule has 0 saturated heterocycles. The maximum absolute atomic E-state index is 4.38. The lowest BCUT2D eigenvalue weighted by molar-refractivity contribution is 0.548. The van der Waals surface area contributed by atoms with Gasteiger partial charge in [-0.3, -0.25) is 0 Å². The summed E-state index contributed by atoms with van der Waals surface area (Å²) in [6.07, 6.45) is 19.0. The van der Waals surface area contributed by atoms with Crippen LogP contribution in [0.1, 0.15) is 45.1 Å². The standard InChI is InChI=1S/C27H34N2/c1-6-9-12-18-24(28-8-3)21-26-27(23-16-14-11-15-17-23)22(4)20-25(29(26)5)19-13-10-7-2/h7-8,10-11,13-17,19-21,28H,3-4,6,9,12,18H2,1-2,5H3/b10-7-,19-13-,24-21-. The summed E-state index contributed by atoms with van der Waals surface area (Å²) in [5.74, 6) is 0. The lowest BCUT2D eigenvalue weighted by Crippen LogP contribution is -2.22. The minimum Gasteiger partial charge on any atom is -0.366 e. The van der Waals surface area contributed by atoms with Crippen LogP contribution in [0.4, 0.5) is 0 Å². The maximum atomic E-state index is 4.38. The molecule has 1 heterocycles. The van der Waals surface area contributed by atoms with E-state index in [0.717, 1.165) is 35.4 Å². The highest BCUT2D eigenvalue weighted by molar-refractivity contribution is 5.86. The van der Waals surface area contributed by atoms with Crippen LogP contribution in [0.2, 0.25) is 0 Å². The second kappa shape index (κ2) is 11.8. The van der Waals surface area contributed by atoms with Gasteiger partial charge < -0.3 is 10.2 Å². The Hall–Kier alpha value is -3.00. The van der Waals surface area contributed by atoms with Crippen molar-refractivity contribution in [1.82, 2.24) is 10.2 Å². The molecule has 1 aliphatic heterocycles. The number of hydrogen-bond donors (Lipinski definition) is 1. The van der Waals surface area contributed by atoms with Crippen LogP contribution in [0.5, 0.6) is 0 Å². The SMILES string of the molecule is C=CN/C(=C\C1=C(c2ccccc2)C(=C)C=C(/C=C\C=C/C)N1C)CCCCC. The highest BCUT2D eigenvalue weighted by atomic mass is 15.1. The Morgan fingerprint density at radius 3 is 2.55 bits per heavy atom. The maximum Gasteiger partial charge on any atom is 0.0511 e. The van der Waals surface area contributed by atoms with Crippen molar-refractivity contribution in [3.8, 4) is 0 Å². The quantitative estimate of drug-likeness (QED) is 0.340. The van der Waals surface area contributed by atoms with Crippen LogP contribution < -0.4 is 5.32 Å². The van der Waals surface area contributed by atoms with Crippen molar-refractivity contribution in [1.29, 1.82) is 0 Å². The summed E-state index contributed by atoms with van der Waals surface area (Å²) in [6, 6.07) is 10.5. The van der Waals surface area contributed by atoms with Gasteiger partial charge in [-0.25, -0.2) is 0 Å². The highest BCUT2D eigenvalue weighted by Crippen LogP contribution is 2.36. The summed E-state index contributed by atoms with van der Waals surface area (Å²) in [7, 11) is 2.12. The fraction of sp³-hybridized carbons (Fsp3) is 0.259. The number of unbranched alkanes of at least 4 members (excludes halogenated alkanes) is 2. The zero-order valence-corrected chi connectivity index (χ0v) is 18.1. The molecular weight excluding hydrogens is 352 g/mol. The van der Waals surface area contributed by atoms with Gasteiger partial charge in [0.1, 0.15) is 0 Å². The fourth-order valence-corrected chi connectivity index (χ4v) is 3.40. The number of benzene rings is 1. The molecule has 0 radical (unpaired) electrons. The minimum absolute atomic E-state index is 0.999. The van der Waals surface area contributed by atoms with Gasteiger partial charge in [0.2, 0.25) is 0 Å². The van der Waals surface area contributed by atoms with Gasteiger partial charge in [-0.05, 0) is 55.3 Å². The first-order chi connectivity index (χ1) is 14.1. The fourth-order valence-electron chi connectivity index (χ4n) is 3.40. The molecule has 0 aromatic heterocycles. The number of hydrogen-bond acceptors (Lipinski definition) is 2. The Bertz CT molecular complexity index is 848. The van der Waals surface area contributed by atoms with Crippen LogP contribution >= 0.6 is 0 Å². The van der Waals surface area contributed by atoms with Crippen LogP contribution in [0.3, 0.4) is 0 Å². The summed E-state index contributed by atoms with van der Waals surface area (Å²) < 4.78 is 0. The van der Waals surface area contributed by atoms with E-state index in [9.17, 15) is 0 Å². The van der Waals surface area contributed by atoms with E-state index in [-0.39, 0.29) is 0 Å². The topological polar surface area (TPSA) is 15.3 Å². The van der Waals surface area contributed by atoms with E-state index in [1.54, 1.807) is 6.20 Å². The minimum atomic E-state index is 0.999. The number of nitrogens with one attached hydrogen (secondary N) is 1. The van der Waals surface area contributed by atoms with Gasteiger partial charge in [-0.1, -0.05) is 81.5 Å². The summed E-state index contributed by atoms with van der Waals surface area (Å²) in [5, 5.41) is 3.35. The van der Waals surface area contributed by atoms with E-state index in [1.165, 1.54) is 24.1 Å². The van der Waals surface area contributed by atoms with Gasteiger partial charge in [-0.15, -0.1) is 0 Å². The van der Waals surface area contributed by atoms with Crippen LogP contribution in [0.15, 0.2) is 109 Å². The van der Waals surface area contributed by atoms with Gasteiger partial charge in [0, 0.05) is 24.0 Å². The molecule has 0 spiro atoms. The third-order valence-corrected chi connectivity index (χ3v) is 4.93. The van der Waals surface area contributed by atoms with Crippen LogP contribution in [-0.2, 0) is 0 Å². The summed E-state index contributed by atoms with van der Waals surface area (Å²) in [4.78, 5) is 2.24. The largest absolute Gasteiger partial charge is 0.366 e. The smallest absolute Gasteiger partial charge is 0.0511 e. The molecule has 0 amide bonds. The van der Waals surface area contributed by atoms with Crippen LogP contribution in [0.25, 0.3) is 5.57 Å². The number of rotatable bonds is 10. The molecule has 0 atom stereocenters. The number of allylic oxidation sites excluding steroid dienone is 9. The lowest BCUT2D eigenvalue weighted by Gasteiger charge is -2.31. The Morgan fingerprint density at radius 2 is 1.90 bits per heavy atom. The third-order valence-electron chi connectivity index (χ3n) is 4.93. The van der Waals surface area contributed by atoms with Crippen molar-refractivity contribution < 1.29 is 0 Å². The molecule has 2 heteroatoms. The zero-order chi connectivity index (χ0) is 21.1. The Balaban J connectivity index is 2.54. The van der Waals surface area contributed by atoms with Crippen LogP contribution in [0, 0.1) is 0 Å². The third kappa shape index (κ3) is 6.25. The Kier molecular flexibility index (Phi) is 9.04. The van der Waals surface area contributed by atoms with Crippen molar-refractivity contribution in [2.45, 2.75) is 39.5 Å². The molecular formula is C27H34N2. The van der Waals surface area contributed by atoms with Crippen molar-refractivity contribution in [2.24, 2.45) is 0 Å². The Labute approximate surface area is 177 Å². The van der Waals surface area contributed by atoms with E-state index in [0.29, 0.717) is 0 Å². The highest BCUT2D eigenvalue weighted by Gasteiger charge is 2.21. The van der Waals surface area contributed by atoms with E-state index < -0.39 is 0 Å². The first-order valence-corrected chi connectivity index (χ1v) is 10.4. The summed E-state index contributed by atoms with van der Waals surface area (Å²) >= 11 is 0. The lowest BCUT2D eigenvalue weighted by atomic mass is 9.91. The molecule has 1 aromatic rings. The number of likely N-dealkylation sites (N-methyl/N-ethyl adjacent to an activating group) is 1. The van der Waals surface area contributed by atoms with Gasteiger partial charge in [-0.2, -0.15) is 0 Å². The van der Waals surface area contributed by atoms with Crippen molar-refractivity contribution in [3.63, 3.8) is 0 Å². The average molecular weight is 387 g/mol. The van der Waals surface area contributed by atoms with Crippen LogP contribution in [-0.4, -0.2) is 11.9 Å². The molecule has 1 N–H and O–H groups in total. The second-order valence-corrected chi connectivity index (χ2v) is 7.14. The zero-order valence-electron chi connectivity index (χ0n) is 18.1. The van der Waals surface area contributed by atoms with E-state index >= 15 is 0 Å². The van der Waals surface area contributed by atoms with E-state index in [1.807, 2.05) is 25.1 Å². The second-order valence-electron chi connectivity index (χ2n) is 7.14. The summed E-state index contributed by atoms with van der Waals surface area (Å²) in [5.41, 5.74) is 6.79. The molecule has 1 aliphatic rings. The molecule has 152 valence electrons. The molecule has 1 aromatic carbocycles. The van der Waals surface area contributed by atoms with Crippen molar-refractivity contribution in [2.75, 3.05) is 7.05 Å². The van der Waals surface area contributed by atoms with Crippen molar-refractivity contribution in [3.05, 3.63) is 114 Å². The molecule has 2 rings (SSSR count). The van der Waals surface area contributed by atoms with Gasteiger partial charge in [0.25, 0.3) is 0 Å². The molecule has 0 bridgehead atoms. The molecule has 29 heavy (non-hydrogen) atoms. The van der Waals surface area contributed by atoms with Gasteiger partial charge in [0.15, 0.2) is 0 Å². The van der Waals surface area contributed by atoms with E-state index in [4.69, 9.17) is 0 Å².